The molecule has 31 heavy (non-hydrogen) atoms. The van der Waals surface area contributed by atoms with Crippen LogP contribution < -0.4 is 10.6 Å². The highest BCUT2D eigenvalue weighted by molar-refractivity contribution is 6.01. The Balaban J connectivity index is 0.000000339. The summed E-state index contributed by atoms with van der Waals surface area (Å²) in [6.07, 6.45) is 2.83. The molecule has 2 heterocycles. The van der Waals surface area contributed by atoms with Crippen molar-refractivity contribution in [3.05, 3.63) is 48.5 Å². The van der Waals surface area contributed by atoms with Crippen molar-refractivity contribution >= 4 is 29.5 Å². The lowest BCUT2D eigenvalue weighted by Crippen LogP contribution is -2.30. The number of hydrogen-bond acceptors (Lipinski definition) is 5. The summed E-state index contributed by atoms with van der Waals surface area (Å²) in [4.78, 5) is 20.5. The molecule has 2 aromatic carbocycles. The normalized spacial score (nSPS) is 14.4. The van der Waals surface area contributed by atoms with E-state index < -0.39 is 0 Å². The fourth-order valence-electron chi connectivity index (χ4n) is 3.65. The van der Waals surface area contributed by atoms with E-state index in [0.717, 1.165) is 53.8 Å². The smallest absolute Gasteiger partial charge is 0.293 e. The van der Waals surface area contributed by atoms with Crippen LogP contribution in [0, 0.1) is 0 Å². The van der Waals surface area contributed by atoms with Crippen molar-refractivity contribution < 1.29 is 14.3 Å². The first-order chi connectivity index (χ1) is 14.9. The van der Waals surface area contributed by atoms with Crippen LogP contribution in [0.1, 0.15) is 39.7 Å². The van der Waals surface area contributed by atoms with E-state index in [4.69, 9.17) is 5.10 Å². The number of benzene rings is 2. The average Bonchev–Trinajstić information content (AvgIpc) is 3.15. The topological polar surface area (TPSA) is 85.2 Å². The van der Waals surface area contributed by atoms with E-state index in [-0.39, 0.29) is 5.60 Å². The lowest BCUT2D eigenvalue weighted by atomic mass is 10.0. The standard InChI is InChI=1S/C19H20N4O.C5H10O2/c24-13-21-17-8-4-7-16-18(17)22-23(15-9-11-20-12-10-15)19(16)14-5-2-1-3-6-14;1-5(2,3)7-4-6/h1-8,13,15,20H,9-12H2,(H,21,24);4H,1-3H3. The van der Waals surface area contributed by atoms with Crippen molar-refractivity contribution in [2.75, 3.05) is 18.4 Å². The van der Waals surface area contributed by atoms with Gasteiger partial charge in [0, 0.05) is 10.9 Å². The molecule has 1 amide bonds. The Bertz CT molecular complexity index is 1000. The monoisotopic (exact) mass is 422 g/mol. The Morgan fingerprint density at radius 1 is 1.06 bits per heavy atom. The molecule has 0 atom stereocenters. The molecule has 1 saturated heterocycles. The second-order valence-electron chi connectivity index (χ2n) is 8.43. The van der Waals surface area contributed by atoms with E-state index in [2.05, 4.69) is 50.4 Å². The number of nitrogens with one attached hydrogen (secondary N) is 2. The van der Waals surface area contributed by atoms with Gasteiger partial charge in [-0.15, -0.1) is 0 Å². The van der Waals surface area contributed by atoms with Crippen LogP contribution in [0.3, 0.4) is 0 Å². The molecule has 1 aromatic heterocycles. The van der Waals surface area contributed by atoms with Crippen molar-refractivity contribution in [2.45, 2.75) is 45.3 Å². The quantitative estimate of drug-likeness (QED) is 0.603. The van der Waals surface area contributed by atoms with Gasteiger partial charge in [-0.2, -0.15) is 5.10 Å². The predicted octanol–water partition coefficient (Wildman–Crippen LogP) is 4.15. The summed E-state index contributed by atoms with van der Waals surface area (Å²) in [6.45, 7) is 7.94. The van der Waals surface area contributed by atoms with E-state index in [1.54, 1.807) is 0 Å². The minimum Gasteiger partial charge on any atom is -0.462 e. The van der Waals surface area contributed by atoms with Crippen LogP contribution in [0.2, 0.25) is 0 Å². The zero-order chi connectivity index (χ0) is 22.3. The fourth-order valence-corrected chi connectivity index (χ4v) is 3.65. The Morgan fingerprint density at radius 2 is 1.77 bits per heavy atom. The second-order valence-corrected chi connectivity index (χ2v) is 8.43. The van der Waals surface area contributed by atoms with E-state index >= 15 is 0 Å². The maximum atomic E-state index is 10.9. The highest BCUT2D eigenvalue weighted by Gasteiger charge is 2.23. The molecule has 0 saturated carbocycles. The molecule has 4 rings (SSSR count). The molecule has 0 unspecified atom stereocenters. The minimum absolute atomic E-state index is 0.318. The van der Waals surface area contributed by atoms with Gasteiger partial charge >= 0.3 is 0 Å². The molecular formula is C24H30N4O3. The van der Waals surface area contributed by atoms with Gasteiger partial charge in [-0.25, -0.2) is 0 Å². The van der Waals surface area contributed by atoms with E-state index in [1.807, 2.05) is 39.0 Å². The Labute approximate surface area is 182 Å². The van der Waals surface area contributed by atoms with Gasteiger partial charge in [0.05, 0.1) is 17.4 Å². The zero-order valence-corrected chi connectivity index (χ0v) is 18.3. The van der Waals surface area contributed by atoms with Crippen LogP contribution in [0.4, 0.5) is 5.69 Å². The predicted molar refractivity (Wildman–Crippen MR) is 123 cm³/mol. The number of nitrogens with zero attached hydrogens (tertiary/aromatic N) is 2. The number of piperidine rings is 1. The number of fused-ring (bicyclic) bond motifs is 1. The van der Waals surface area contributed by atoms with Gasteiger partial charge in [0.15, 0.2) is 0 Å². The second kappa shape index (κ2) is 10.2. The van der Waals surface area contributed by atoms with Crippen LogP contribution in [-0.2, 0) is 14.3 Å². The third-order valence-electron chi connectivity index (χ3n) is 5.05. The van der Waals surface area contributed by atoms with Crippen molar-refractivity contribution in [3.63, 3.8) is 0 Å². The van der Waals surface area contributed by atoms with Gasteiger partial charge in [0.25, 0.3) is 6.47 Å². The third-order valence-corrected chi connectivity index (χ3v) is 5.05. The number of carbonyl (C=O) groups excluding carboxylic acids is 2. The highest BCUT2D eigenvalue weighted by Crippen LogP contribution is 2.35. The molecule has 1 aliphatic heterocycles. The molecule has 1 aliphatic rings. The summed E-state index contributed by atoms with van der Waals surface area (Å²) in [5.74, 6) is 0. The first kappa shape index (κ1) is 22.5. The maximum absolute atomic E-state index is 10.9. The van der Waals surface area contributed by atoms with Gasteiger partial charge in [-0.05, 0) is 52.8 Å². The largest absolute Gasteiger partial charge is 0.462 e. The Kier molecular flexibility index (Phi) is 7.41. The molecule has 7 nitrogen and oxygen atoms in total. The maximum Gasteiger partial charge on any atom is 0.293 e. The number of ether oxygens (including phenoxy) is 1. The number of rotatable bonds is 5. The first-order valence-electron chi connectivity index (χ1n) is 10.5. The Morgan fingerprint density at radius 3 is 2.35 bits per heavy atom. The van der Waals surface area contributed by atoms with E-state index in [0.29, 0.717) is 18.9 Å². The molecule has 7 heteroatoms. The number of carbonyl (C=O) groups is 2. The van der Waals surface area contributed by atoms with Crippen molar-refractivity contribution in [1.29, 1.82) is 0 Å². The van der Waals surface area contributed by atoms with Crippen LogP contribution >= 0.6 is 0 Å². The number of aromatic nitrogens is 2. The van der Waals surface area contributed by atoms with Crippen LogP contribution in [0.15, 0.2) is 48.5 Å². The molecule has 0 spiro atoms. The van der Waals surface area contributed by atoms with Crippen molar-refractivity contribution in [1.82, 2.24) is 15.1 Å². The lowest BCUT2D eigenvalue weighted by molar-refractivity contribution is -0.138. The van der Waals surface area contributed by atoms with E-state index in [1.165, 1.54) is 0 Å². The molecule has 3 aromatic rings. The minimum atomic E-state index is -0.318. The molecule has 0 aliphatic carbocycles. The average molecular weight is 423 g/mol. The number of anilines is 1. The van der Waals surface area contributed by atoms with Gasteiger partial charge in [0.1, 0.15) is 11.1 Å². The number of hydrogen-bond donors (Lipinski definition) is 2. The zero-order valence-electron chi connectivity index (χ0n) is 18.3. The Hall–Kier alpha value is -3.19. The SMILES string of the molecule is CC(C)(C)OC=O.O=CNc1cccc2c(-c3ccccc3)n(C3CCNCC3)nc12. The molecule has 1 fully saturated rings. The van der Waals surface area contributed by atoms with Gasteiger partial charge in [-0.3, -0.25) is 14.3 Å². The summed E-state index contributed by atoms with van der Waals surface area (Å²) in [5.41, 5.74) is 3.57. The van der Waals surface area contributed by atoms with Gasteiger partial charge in [0.2, 0.25) is 6.41 Å². The van der Waals surface area contributed by atoms with Gasteiger partial charge in [-0.1, -0.05) is 42.5 Å². The summed E-state index contributed by atoms with van der Waals surface area (Å²) in [5, 5.41) is 12.2. The number of amides is 1. The molecule has 2 N–H and O–H groups in total. The van der Waals surface area contributed by atoms with Crippen LogP contribution in [0.25, 0.3) is 22.2 Å². The molecule has 0 bridgehead atoms. The third kappa shape index (κ3) is 5.70. The molecule has 0 radical (unpaired) electrons. The fraction of sp³-hybridized carbons (Fsp3) is 0.375. The van der Waals surface area contributed by atoms with Crippen LogP contribution in [-0.4, -0.2) is 41.4 Å². The molecule has 164 valence electrons. The molecular weight excluding hydrogens is 392 g/mol. The summed E-state index contributed by atoms with van der Waals surface area (Å²) < 4.78 is 6.71. The summed E-state index contributed by atoms with van der Waals surface area (Å²) in [6, 6.07) is 16.7. The first-order valence-corrected chi connectivity index (χ1v) is 10.5. The summed E-state index contributed by atoms with van der Waals surface area (Å²) in [7, 11) is 0. The van der Waals surface area contributed by atoms with E-state index in [9.17, 15) is 9.59 Å². The van der Waals surface area contributed by atoms with Crippen molar-refractivity contribution in [3.8, 4) is 11.3 Å². The highest BCUT2D eigenvalue weighted by atomic mass is 16.5. The van der Waals surface area contributed by atoms with Gasteiger partial charge < -0.3 is 15.4 Å². The lowest BCUT2D eigenvalue weighted by Gasteiger charge is -2.25. The van der Waals surface area contributed by atoms with Crippen LogP contribution in [0.5, 0.6) is 0 Å². The van der Waals surface area contributed by atoms with Crippen molar-refractivity contribution in [2.24, 2.45) is 0 Å². The summed E-state index contributed by atoms with van der Waals surface area (Å²) >= 11 is 0.